The first-order valence-corrected chi connectivity index (χ1v) is 9.96. The number of rotatable bonds is 1. The van der Waals surface area contributed by atoms with E-state index in [9.17, 15) is 0 Å². The first-order chi connectivity index (χ1) is 13.6. The Bertz CT molecular complexity index is 1560. The molecule has 0 fully saturated rings. The van der Waals surface area contributed by atoms with E-state index >= 15 is 0 Å². The predicted octanol–water partition coefficient (Wildman–Crippen LogP) is 6.69. The topological polar surface area (TPSA) is 9.86 Å². The molecule has 136 valence electrons. The van der Waals surface area contributed by atoms with Gasteiger partial charge in [-0.05, 0) is 75.1 Å². The standard InChI is InChI=1S/C26H22N2/c1-4-20-11-19-13-24-17(15-26(19)28(20)3)6-8-21-22(24)7-5-16-14-25-18(12-23(16)21)9-10-27(25)2/h5-15H,4H2,1-3H3. The molecule has 2 nitrogen and oxygen atoms in total. The molecule has 0 aliphatic heterocycles. The number of hydrogen-bond acceptors (Lipinski definition) is 0. The third kappa shape index (κ3) is 1.98. The second kappa shape index (κ2) is 5.39. The van der Waals surface area contributed by atoms with Crippen LogP contribution in [0.2, 0.25) is 0 Å². The highest BCUT2D eigenvalue weighted by Gasteiger charge is 2.10. The van der Waals surface area contributed by atoms with Crippen LogP contribution in [-0.4, -0.2) is 9.13 Å². The average molecular weight is 362 g/mol. The molecule has 0 amide bonds. The second-order valence-corrected chi connectivity index (χ2v) is 7.97. The van der Waals surface area contributed by atoms with Gasteiger partial charge >= 0.3 is 0 Å². The van der Waals surface area contributed by atoms with E-state index in [1.54, 1.807) is 0 Å². The Kier molecular flexibility index (Phi) is 3.03. The van der Waals surface area contributed by atoms with Crippen LogP contribution in [-0.2, 0) is 20.5 Å². The molecule has 0 N–H and O–H groups in total. The van der Waals surface area contributed by atoms with E-state index in [1.807, 2.05) is 0 Å². The van der Waals surface area contributed by atoms with Gasteiger partial charge in [-0.3, -0.25) is 0 Å². The molecule has 2 aromatic heterocycles. The van der Waals surface area contributed by atoms with E-state index in [4.69, 9.17) is 0 Å². The minimum Gasteiger partial charge on any atom is -0.351 e. The van der Waals surface area contributed by atoms with Crippen LogP contribution in [0.15, 0.2) is 66.9 Å². The maximum absolute atomic E-state index is 2.37. The Hall–Kier alpha value is -3.26. The average Bonchev–Trinajstić information content (AvgIpc) is 3.24. The largest absolute Gasteiger partial charge is 0.351 e. The summed E-state index contributed by atoms with van der Waals surface area (Å²) in [7, 11) is 4.28. The van der Waals surface area contributed by atoms with Gasteiger partial charge in [0.2, 0.25) is 0 Å². The molecule has 0 saturated carbocycles. The molecular formula is C26H22N2. The van der Waals surface area contributed by atoms with E-state index in [0.717, 1.165) is 6.42 Å². The Morgan fingerprint density at radius 1 is 0.607 bits per heavy atom. The summed E-state index contributed by atoms with van der Waals surface area (Å²) < 4.78 is 4.52. The van der Waals surface area contributed by atoms with Gasteiger partial charge in [-0.25, -0.2) is 0 Å². The minimum absolute atomic E-state index is 1.06. The quantitative estimate of drug-likeness (QED) is 0.288. The summed E-state index contributed by atoms with van der Waals surface area (Å²) in [4.78, 5) is 0. The Labute approximate surface area is 163 Å². The summed E-state index contributed by atoms with van der Waals surface area (Å²) in [6.07, 6.45) is 3.19. The highest BCUT2D eigenvalue weighted by molar-refractivity contribution is 6.20. The molecule has 6 aromatic rings. The van der Waals surface area contributed by atoms with Crippen molar-refractivity contribution in [1.29, 1.82) is 0 Å². The smallest absolute Gasteiger partial charge is 0.0486 e. The first-order valence-electron chi connectivity index (χ1n) is 9.96. The monoisotopic (exact) mass is 362 g/mol. The van der Waals surface area contributed by atoms with Gasteiger partial charge in [0, 0.05) is 47.8 Å². The van der Waals surface area contributed by atoms with Crippen molar-refractivity contribution in [2.45, 2.75) is 13.3 Å². The number of aromatic nitrogens is 2. The molecule has 0 spiro atoms. The minimum atomic E-state index is 1.06. The van der Waals surface area contributed by atoms with E-state index in [0.29, 0.717) is 0 Å². The molecule has 4 aromatic carbocycles. The molecule has 28 heavy (non-hydrogen) atoms. The zero-order valence-electron chi connectivity index (χ0n) is 16.5. The molecule has 2 heterocycles. The molecule has 0 unspecified atom stereocenters. The van der Waals surface area contributed by atoms with Crippen LogP contribution in [0, 0.1) is 0 Å². The van der Waals surface area contributed by atoms with E-state index in [1.165, 1.54) is 59.8 Å². The zero-order valence-corrected chi connectivity index (χ0v) is 16.5. The molecular weight excluding hydrogens is 340 g/mol. The molecule has 0 aliphatic rings. The third-order valence-electron chi connectivity index (χ3n) is 6.46. The zero-order chi connectivity index (χ0) is 19.0. The Morgan fingerprint density at radius 3 is 1.93 bits per heavy atom. The van der Waals surface area contributed by atoms with Gasteiger partial charge in [-0.15, -0.1) is 0 Å². The maximum atomic E-state index is 2.37. The van der Waals surface area contributed by atoms with Crippen LogP contribution >= 0.6 is 0 Å². The fourth-order valence-corrected chi connectivity index (χ4v) is 4.87. The lowest BCUT2D eigenvalue weighted by atomic mass is 9.95. The summed E-state index contributed by atoms with van der Waals surface area (Å²) in [5.41, 5.74) is 3.98. The van der Waals surface area contributed by atoms with Gasteiger partial charge in [-0.1, -0.05) is 31.2 Å². The van der Waals surface area contributed by atoms with Crippen molar-refractivity contribution in [3.05, 3.63) is 72.6 Å². The lowest BCUT2D eigenvalue weighted by Crippen LogP contribution is -1.93. The number of fused-ring (bicyclic) bond motifs is 7. The number of benzene rings is 4. The van der Waals surface area contributed by atoms with E-state index in [-0.39, 0.29) is 0 Å². The van der Waals surface area contributed by atoms with Crippen LogP contribution in [0.4, 0.5) is 0 Å². The molecule has 0 bridgehead atoms. The normalized spacial score (nSPS) is 12.2. The van der Waals surface area contributed by atoms with Crippen molar-refractivity contribution in [3.63, 3.8) is 0 Å². The fraction of sp³-hybridized carbons (Fsp3) is 0.154. The van der Waals surface area contributed by atoms with Crippen LogP contribution in [0.3, 0.4) is 0 Å². The van der Waals surface area contributed by atoms with Crippen LogP contribution in [0.1, 0.15) is 12.6 Å². The van der Waals surface area contributed by atoms with Gasteiger partial charge in [-0.2, -0.15) is 0 Å². The lowest BCUT2D eigenvalue weighted by molar-refractivity contribution is 0.866. The second-order valence-electron chi connectivity index (χ2n) is 7.97. The lowest BCUT2D eigenvalue weighted by Gasteiger charge is -2.10. The number of aryl methyl sites for hydroxylation is 3. The summed E-state index contributed by atoms with van der Waals surface area (Å²) in [5.74, 6) is 0. The van der Waals surface area contributed by atoms with Gasteiger partial charge in [0.05, 0.1) is 0 Å². The van der Waals surface area contributed by atoms with Crippen LogP contribution in [0.25, 0.3) is 54.1 Å². The van der Waals surface area contributed by atoms with Crippen molar-refractivity contribution in [2.24, 2.45) is 14.1 Å². The molecule has 0 aliphatic carbocycles. The predicted molar refractivity (Wildman–Crippen MR) is 121 cm³/mol. The third-order valence-corrected chi connectivity index (χ3v) is 6.46. The summed E-state index contributed by atoms with van der Waals surface area (Å²) in [6.45, 7) is 2.22. The number of nitrogens with zero attached hydrogens (tertiary/aromatic N) is 2. The SMILES string of the molecule is CCc1cc2cc3c(ccc4c5cc6ccn(C)c6cc5ccc34)cc2n1C. The summed E-state index contributed by atoms with van der Waals surface area (Å²) >= 11 is 0. The highest BCUT2D eigenvalue weighted by atomic mass is 14.9. The molecule has 0 radical (unpaired) electrons. The Morgan fingerprint density at radius 2 is 1.25 bits per heavy atom. The van der Waals surface area contributed by atoms with E-state index < -0.39 is 0 Å². The van der Waals surface area contributed by atoms with Crippen molar-refractivity contribution in [2.75, 3.05) is 0 Å². The Balaban J connectivity index is 1.75. The molecule has 6 rings (SSSR count). The first kappa shape index (κ1) is 15.8. The molecule has 2 heteroatoms. The van der Waals surface area contributed by atoms with Crippen molar-refractivity contribution < 1.29 is 0 Å². The maximum Gasteiger partial charge on any atom is 0.0486 e. The van der Waals surface area contributed by atoms with Gasteiger partial charge < -0.3 is 9.13 Å². The van der Waals surface area contributed by atoms with Crippen molar-refractivity contribution >= 4 is 54.1 Å². The highest BCUT2D eigenvalue weighted by Crippen LogP contribution is 2.35. The number of hydrogen-bond donors (Lipinski definition) is 0. The van der Waals surface area contributed by atoms with Crippen molar-refractivity contribution in [3.8, 4) is 0 Å². The van der Waals surface area contributed by atoms with E-state index in [2.05, 4.69) is 97.0 Å². The van der Waals surface area contributed by atoms with Gasteiger partial charge in [0.25, 0.3) is 0 Å². The molecule has 0 saturated heterocycles. The fourth-order valence-electron chi connectivity index (χ4n) is 4.87. The van der Waals surface area contributed by atoms with Crippen molar-refractivity contribution in [1.82, 2.24) is 9.13 Å². The van der Waals surface area contributed by atoms with Gasteiger partial charge in [0.1, 0.15) is 0 Å². The van der Waals surface area contributed by atoms with Crippen LogP contribution < -0.4 is 0 Å². The van der Waals surface area contributed by atoms with Gasteiger partial charge in [0.15, 0.2) is 0 Å². The summed E-state index contributed by atoms with van der Waals surface area (Å²) in [6, 6.07) is 23.1. The molecule has 0 atom stereocenters. The van der Waals surface area contributed by atoms with Crippen LogP contribution in [0.5, 0.6) is 0 Å². The summed E-state index contributed by atoms with van der Waals surface area (Å²) in [5, 5.41) is 10.6.